The van der Waals surface area contributed by atoms with Gasteiger partial charge in [0.2, 0.25) is 5.88 Å². The molecule has 0 radical (unpaired) electrons. The molecule has 0 fully saturated rings. The zero-order valence-electron chi connectivity index (χ0n) is 7.40. The maximum Gasteiger partial charge on any atom is 0.359 e. The van der Waals surface area contributed by atoms with E-state index in [4.69, 9.17) is 21.7 Å². The number of aromatic nitrogens is 1. The molecule has 0 aromatic carbocycles. The Morgan fingerprint density at radius 3 is 3.00 bits per heavy atom. The van der Waals surface area contributed by atoms with E-state index in [-0.39, 0.29) is 5.24 Å². The zero-order valence-corrected chi connectivity index (χ0v) is 8.21. The van der Waals surface area contributed by atoms with E-state index >= 15 is 0 Å². The van der Waals surface area contributed by atoms with Crippen molar-refractivity contribution in [1.82, 2.24) is 4.98 Å². The molecule has 1 aromatic rings. The van der Waals surface area contributed by atoms with Crippen molar-refractivity contribution < 1.29 is 9.47 Å². The first-order valence-electron chi connectivity index (χ1n) is 4.08. The standard InChI is InChI=1S/C9H11NO2S/c1-2-7-11-9(13)12-8-5-3-4-6-10-8/h3-6H,2,7H2,1H3. The number of hydrogen-bond acceptors (Lipinski definition) is 4. The SMILES string of the molecule is CCCOC(=S)Oc1ccccn1. The van der Waals surface area contributed by atoms with Crippen LogP contribution in [-0.4, -0.2) is 16.8 Å². The molecule has 3 nitrogen and oxygen atoms in total. The molecule has 1 aromatic heterocycles. The summed E-state index contributed by atoms with van der Waals surface area (Å²) >= 11 is 4.82. The summed E-state index contributed by atoms with van der Waals surface area (Å²) in [5.74, 6) is 0.462. The van der Waals surface area contributed by atoms with Crippen molar-refractivity contribution in [2.45, 2.75) is 13.3 Å². The number of thiocarbonyl (C=S) groups is 1. The Morgan fingerprint density at radius 1 is 1.54 bits per heavy atom. The zero-order chi connectivity index (χ0) is 9.52. The Balaban J connectivity index is 2.37. The van der Waals surface area contributed by atoms with Gasteiger partial charge in [-0.05, 0) is 12.5 Å². The minimum Gasteiger partial charge on any atom is -0.457 e. The van der Waals surface area contributed by atoms with Crippen LogP contribution in [0.5, 0.6) is 5.88 Å². The molecule has 0 spiro atoms. The molecule has 70 valence electrons. The number of pyridine rings is 1. The molecule has 13 heavy (non-hydrogen) atoms. The van der Waals surface area contributed by atoms with E-state index in [0.29, 0.717) is 12.5 Å². The van der Waals surface area contributed by atoms with Crippen molar-refractivity contribution >= 4 is 17.5 Å². The number of nitrogens with zero attached hydrogens (tertiary/aromatic N) is 1. The van der Waals surface area contributed by atoms with E-state index < -0.39 is 0 Å². The summed E-state index contributed by atoms with van der Waals surface area (Å²) in [7, 11) is 0. The third kappa shape index (κ3) is 3.85. The smallest absolute Gasteiger partial charge is 0.359 e. The molecule has 1 heterocycles. The summed E-state index contributed by atoms with van der Waals surface area (Å²) in [4.78, 5) is 3.94. The van der Waals surface area contributed by atoms with E-state index in [0.717, 1.165) is 6.42 Å². The first kappa shape index (κ1) is 9.92. The van der Waals surface area contributed by atoms with Crippen molar-refractivity contribution in [2.75, 3.05) is 6.61 Å². The first-order chi connectivity index (χ1) is 6.33. The number of hydrogen-bond donors (Lipinski definition) is 0. The summed E-state index contributed by atoms with van der Waals surface area (Å²) in [5.41, 5.74) is 0. The van der Waals surface area contributed by atoms with Crippen LogP contribution < -0.4 is 4.74 Å². The minimum absolute atomic E-state index is 0.126. The fourth-order valence-electron chi connectivity index (χ4n) is 0.708. The van der Waals surface area contributed by atoms with E-state index in [2.05, 4.69) is 4.98 Å². The molecule has 4 heteroatoms. The molecule has 0 aliphatic heterocycles. The quantitative estimate of drug-likeness (QED) is 0.695. The fourth-order valence-corrected chi connectivity index (χ4v) is 0.876. The van der Waals surface area contributed by atoms with Crippen LogP contribution in [0.4, 0.5) is 0 Å². The van der Waals surface area contributed by atoms with Crippen LogP contribution in [0, 0.1) is 0 Å². The maximum absolute atomic E-state index is 5.11. The lowest BCUT2D eigenvalue weighted by atomic mass is 10.5. The van der Waals surface area contributed by atoms with E-state index in [9.17, 15) is 0 Å². The highest BCUT2D eigenvalue weighted by Crippen LogP contribution is 2.04. The molecule has 0 unspecified atom stereocenters. The summed E-state index contributed by atoms with van der Waals surface area (Å²) in [6, 6.07) is 5.36. The van der Waals surface area contributed by atoms with Crippen LogP contribution in [0.25, 0.3) is 0 Å². The van der Waals surface area contributed by atoms with Gasteiger partial charge in [-0.3, -0.25) is 0 Å². The third-order valence-corrected chi connectivity index (χ3v) is 1.45. The topological polar surface area (TPSA) is 31.4 Å². The Labute approximate surface area is 82.7 Å². The molecular weight excluding hydrogens is 186 g/mol. The highest BCUT2D eigenvalue weighted by molar-refractivity contribution is 7.79. The van der Waals surface area contributed by atoms with Crippen LogP contribution in [0.15, 0.2) is 24.4 Å². The average molecular weight is 197 g/mol. The molecule has 0 N–H and O–H groups in total. The van der Waals surface area contributed by atoms with Gasteiger partial charge < -0.3 is 9.47 Å². The molecule has 1 rings (SSSR count). The lowest BCUT2D eigenvalue weighted by Gasteiger charge is -2.05. The highest BCUT2D eigenvalue weighted by Gasteiger charge is 1.99. The first-order valence-corrected chi connectivity index (χ1v) is 4.49. The van der Waals surface area contributed by atoms with E-state index in [1.54, 1.807) is 12.3 Å². The predicted octanol–water partition coefficient (Wildman–Crippen LogP) is 2.17. The van der Waals surface area contributed by atoms with Gasteiger partial charge in [-0.2, -0.15) is 0 Å². The monoisotopic (exact) mass is 197 g/mol. The Morgan fingerprint density at radius 2 is 2.38 bits per heavy atom. The molecule has 0 bridgehead atoms. The largest absolute Gasteiger partial charge is 0.457 e. The van der Waals surface area contributed by atoms with Gasteiger partial charge in [-0.25, -0.2) is 4.98 Å². The minimum atomic E-state index is 0.126. The van der Waals surface area contributed by atoms with Gasteiger partial charge in [-0.1, -0.05) is 13.0 Å². The van der Waals surface area contributed by atoms with Gasteiger partial charge in [-0.15, -0.1) is 0 Å². The summed E-state index contributed by atoms with van der Waals surface area (Å²) in [6.07, 6.45) is 2.55. The Bertz CT molecular complexity index is 264. The molecule has 0 atom stereocenters. The normalized spacial score (nSPS) is 9.31. The second kappa shape index (κ2) is 5.48. The Hall–Kier alpha value is -1.16. The van der Waals surface area contributed by atoms with Crippen LogP contribution in [0.2, 0.25) is 0 Å². The van der Waals surface area contributed by atoms with Crippen molar-refractivity contribution in [2.24, 2.45) is 0 Å². The molecule has 0 saturated carbocycles. The van der Waals surface area contributed by atoms with Crippen molar-refractivity contribution in [3.05, 3.63) is 24.4 Å². The average Bonchev–Trinajstić information content (AvgIpc) is 2.16. The van der Waals surface area contributed by atoms with E-state index in [1.165, 1.54) is 0 Å². The van der Waals surface area contributed by atoms with Gasteiger partial charge in [0, 0.05) is 24.5 Å². The second-order valence-electron chi connectivity index (χ2n) is 2.37. The maximum atomic E-state index is 5.11. The summed E-state index contributed by atoms with van der Waals surface area (Å²) in [5, 5.41) is 0.126. The molecule has 0 saturated heterocycles. The van der Waals surface area contributed by atoms with Crippen LogP contribution >= 0.6 is 12.2 Å². The fraction of sp³-hybridized carbons (Fsp3) is 0.333. The van der Waals surface area contributed by atoms with Crippen LogP contribution in [-0.2, 0) is 4.74 Å². The molecule has 0 aliphatic rings. The summed E-state index contributed by atoms with van der Waals surface area (Å²) in [6.45, 7) is 2.58. The lowest BCUT2D eigenvalue weighted by molar-refractivity contribution is 0.245. The molecule has 0 aliphatic carbocycles. The predicted molar refractivity (Wildman–Crippen MR) is 53.7 cm³/mol. The van der Waals surface area contributed by atoms with Gasteiger partial charge >= 0.3 is 5.24 Å². The number of rotatable bonds is 3. The van der Waals surface area contributed by atoms with Crippen molar-refractivity contribution in [1.29, 1.82) is 0 Å². The van der Waals surface area contributed by atoms with E-state index in [1.807, 2.05) is 19.1 Å². The van der Waals surface area contributed by atoms with Gasteiger partial charge in [0.25, 0.3) is 0 Å². The highest BCUT2D eigenvalue weighted by atomic mass is 32.1. The molecule has 0 amide bonds. The Kier molecular flexibility index (Phi) is 4.18. The van der Waals surface area contributed by atoms with Gasteiger partial charge in [0.05, 0.1) is 6.61 Å². The van der Waals surface area contributed by atoms with Crippen molar-refractivity contribution in [3.63, 3.8) is 0 Å². The van der Waals surface area contributed by atoms with Crippen LogP contribution in [0.1, 0.15) is 13.3 Å². The summed E-state index contributed by atoms with van der Waals surface area (Å²) < 4.78 is 10.2. The second-order valence-corrected chi connectivity index (χ2v) is 2.70. The van der Waals surface area contributed by atoms with Gasteiger partial charge in [0.1, 0.15) is 0 Å². The number of ether oxygens (including phenoxy) is 2. The van der Waals surface area contributed by atoms with Crippen molar-refractivity contribution in [3.8, 4) is 5.88 Å². The third-order valence-electron chi connectivity index (χ3n) is 1.25. The molecular formula is C9H11NO2S. The van der Waals surface area contributed by atoms with Gasteiger partial charge in [0.15, 0.2) is 0 Å². The lowest BCUT2D eigenvalue weighted by Crippen LogP contribution is -2.11. The van der Waals surface area contributed by atoms with Crippen LogP contribution in [0.3, 0.4) is 0 Å².